The van der Waals surface area contributed by atoms with Crippen molar-refractivity contribution in [2.24, 2.45) is 5.41 Å². The van der Waals surface area contributed by atoms with Gasteiger partial charge in [0.25, 0.3) is 0 Å². The van der Waals surface area contributed by atoms with E-state index >= 15 is 0 Å². The third kappa shape index (κ3) is 5.63. The Hall–Kier alpha value is -0.730. The molecule has 0 amide bonds. The summed E-state index contributed by atoms with van der Waals surface area (Å²) in [7, 11) is 1.37. The lowest BCUT2D eigenvalue weighted by molar-refractivity contribution is -0.158. The number of carbonyl (C=O) groups excluding carboxylic acids is 1. The number of hydrogen-bond donors (Lipinski definition) is 1. The summed E-state index contributed by atoms with van der Waals surface area (Å²) in [6.45, 7) is 0.187. The number of rotatable bonds is 7. The number of hydrogen-bond acceptors (Lipinski definition) is 4. The van der Waals surface area contributed by atoms with Crippen LogP contribution in [0.4, 0.5) is 13.2 Å². The third-order valence-electron chi connectivity index (χ3n) is 4.78. The number of ether oxygens (including phenoxy) is 1. The number of benzene rings is 1. The summed E-state index contributed by atoms with van der Waals surface area (Å²) < 4.78 is 45.9. The van der Waals surface area contributed by atoms with Crippen molar-refractivity contribution < 1.29 is 22.7 Å². The molecule has 1 heterocycles. The van der Waals surface area contributed by atoms with Crippen molar-refractivity contribution in [2.45, 2.75) is 37.9 Å². The van der Waals surface area contributed by atoms with Gasteiger partial charge in [-0.15, -0.1) is 0 Å². The molecular weight excluding hydrogens is 431 g/mol. The molecule has 0 aromatic heterocycles. The predicted molar refractivity (Wildman–Crippen MR) is 101 cm³/mol. The Balaban J connectivity index is 1.96. The maximum Gasteiger partial charge on any atom is 0.407 e. The summed E-state index contributed by atoms with van der Waals surface area (Å²) in [5.41, 5.74) is -0.370. The number of carbonyl (C=O) groups is 1. The van der Waals surface area contributed by atoms with E-state index in [4.69, 9.17) is 4.74 Å². The second-order valence-corrected chi connectivity index (χ2v) is 8.61. The Morgan fingerprint density at radius 2 is 1.92 bits per heavy atom. The van der Waals surface area contributed by atoms with Gasteiger partial charge in [-0.05, 0) is 61.4 Å². The molecule has 0 bridgehead atoms. The largest absolute Gasteiger partial charge is 0.469 e. The minimum atomic E-state index is -4.38. The van der Waals surface area contributed by atoms with Gasteiger partial charge in [-0.2, -0.15) is 24.9 Å². The van der Waals surface area contributed by atoms with Crippen molar-refractivity contribution >= 4 is 33.7 Å². The molecule has 1 N–H and O–H groups in total. The SMILES string of the molecule is COC(=O)C1(CCCN[C@@H](c2ccc(Br)cc2)C(F)(F)F)CCSCC1. The lowest BCUT2D eigenvalue weighted by Gasteiger charge is -2.34. The van der Waals surface area contributed by atoms with Crippen LogP contribution >= 0.6 is 27.7 Å². The van der Waals surface area contributed by atoms with Gasteiger partial charge in [0.1, 0.15) is 6.04 Å². The molecule has 1 aromatic rings. The van der Waals surface area contributed by atoms with E-state index in [9.17, 15) is 18.0 Å². The highest BCUT2D eigenvalue weighted by Crippen LogP contribution is 2.40. The summed E-state index contributed by atoms with van der Waals surface area (Å²) in [4.78, 5) is 12.2. The van der Waals surface area contributed by atoms with Crippen LogP contribution in [0.25, 0.3) is 0 Å². The van der Waals surface area contributed by atoms with Gasteiger partial charge in [0, 0.05) is 4.47 Å². The second kappa shape index (κ2) is 9.46. The molecule has 1 saturated heterocycles. The highest BCUT2D eigenvalue weighted by molar-refractivity contribution is 9.10. The number of alkyl halides is 3. The Labute approximate surface area is 164 Å². The van der Waals surface area contributed by atoms with Crippen LogP contribution in [-0.2, 0) is 9.53 Å². The Morgan fingerprint density at radius 3 is 2.46 bits per heavy atom. The lowest BCUT2D eigenvalue weighted by Crippen LogP contribution is -2.38. The van der Waals surface area contributed by atoms with Crippen LogP contribution in [0.2, 0.25) is 0 Å². The van der Waals surface area contributed by atoms with Crippen LogP contribution in [0, 0.1) is 5.41 Å². The first-order valence-corrected chi connectivity index (χ1v) is 10.4. The van der Waals surface area contributed by atoms with Crippen molar-refractivity contribution in [3.8, 4) is 0 Å². The standard InChI is InChI=1S/C18H23BrF3NO2S/c1-25-16(24)17(8-11-26-12-9-17)7-2-10-23-15(18(20,21)22)13-3-5-14(19)6-4-13/h3-6,15,23H,2,7-12H2,1H3/t15-/m0/s1. The van der Waals surface area contributed by atoms with Crippen molar-refractivity contribution in [3.05, 3.63) is 34.3 Å². The van der Waals surface area contributed by atoms with E-state index in [1.807, 2.05) is 0 Å². The van der Waals surface area contributed by atoms with Crippen molar-refractivity contribution in [1.29, 1.82) is 0 Å². The first kappa shape index (κ1) is 21.6. The number of halogens is 4. The molecular formula is C18H23BrF3NO2S. The van der Waals surface area contributed by atoms with Gasteiger partial charge in [-0.3, -0.25) is 4.79 Å². The zero-order valence-corrected chi connectivity index (χ0v) is 17.0. The number of thioether (sulfide) groups is 1. The van der Waals surface area contributed by atoms with E-state index in [0.717, 1.165) is 28.8 Å². The molecule has 1 aliphatic rings. The highest BCUT2D eigenvalue weighted by Gasteiger charge is 2.42. The van der Waals surface area contributed by atoms with Crippen LogP contribution in [-0.4, -0.2) is 37.3 Å². The van der Waals surface area contributed by atoms with E-state index in [1.54, 1.807) is 23.9 Å². The fourth-order valence-corrected chi connectivity index (χ4v) is 4.82. The zero-order valence-electron chi connectivity index (χ0n) is 14.6. The Morgan fingerprint density at radius 1 is 1.31 bits per heavy atom. The van der Waals surface area contributed by atoms with Crippen LogP contribution in [0.3, 0.4) is 0 Å². The molecule has 1 fully saturated rings. The monoisotopic (exact) mass is 453 g/mol. The Bertz CT molecular complexity index is 589. The Kier molecular flexibility index (Phi) is 7.85. The van der Waals surface area contributed by atoms with Crippen LogP contribution in [0.5, 0.6) is 0 Å². The smallest absolute Gasteiger partial charge is 0.407 e. The quantitative estimate of drug-likeness (QED) is 0.459. The minimum Gasteiger partial charge on any atom is -0.469 e. The lowest BCUT2D eigenvalue weighted by atomic mass is 9.78. The molecule has 0 saturated carbocycles. The topological polar surface area (TPSA) is 38.3 Å². The summed E-state index contributed by atoms with van der Waals surface area (Å²) >= 11 is 5.03. The van der Waals surface area contributed by atoms with E-state index in [-0.39, 0.29) is 18.1 Å². The molecule has 8 heteroatoms. The number of nitrogens with one attached hydrogen (secondary N) is 1. The van der Waals surface area contributed by atoms with Gasteiger partial charge in [-0.1, -0.05) is 28.1 Å². The molecule has 1 aliphatic heterocycles. The summed E-state index contributed by atoms with van der Waals surface area (Å²) in [6.07, 6.45) is -1.91. The van der Waals surface area contributed by atoms with Crippen molar-refractivity contribution in [3.63, 3.8) is 0 Å². The number of esters is 1. The fraction of sp³-hybridized carbons (Fsp3) is 0.611. The highest BCUT2D eigenvalue weighted by atomic mass is 79.9. The van der Waals surface area contributed by atoms with Gasteiger partial charge in [0.2, 0.25) is 0 Å². The van der Waals surface area contributed by atoms with Gasteiger partial charge in [-0.25, -0.2) is 0 Å². The van der Waals surface area contributed by atoms with E-state index < -0.39 is 17.6 Å². The van der Waals surface area contributed by atoms with Crippen LogP contribution in [0.15, 0.2) is 28.7 Å². The van der Waals surface area contributed by atoms with Gasteiger partial charge < -0.3 is 10.1 Å². The average Bonchev–Trinajstić information content (AvgIpc) is 2.62. The van der Waals surface area contributed by atoms with Crippen molar-refractivity contribution in [1.82, 2.24) is 5.32 Å². The molecule has 0 unspecified atom stereocenters. The van der Waals surface area contributed by atoms with Crippen molar-refractivity contribution in [2.75, 3.05) is 25.2 Å². The van der Waals surface area contributed by atoms with Gasteiger partial charge >= 0.3 is 12.1 Å². The molecule has 2 rings (SSSR count). The first-order chi connectivity index (χ1) is 12.3. The zero-order chi connectivity index (χ0) is 19.2. The van der Waals surface area contributed by atoms with Crippen LogP contribution < -0.4 is 5.32 Å². The number of methoxy groups -OCH3 is 1. The minimum absolute atomic E-state index is 0.178. The van der Waals surface area contributed by atoms with E-state index in [1.165, 1.54) is 19.2 Å². The first-order valence-electron chi connectivity index (χ1n) is 8.50. The van der Waals surface area contributed by atoms with Gasteiger partial charge in [0.15, 0.2) is 0 Å². The predicted octanol–water partition coefficient (Wildman–Crippen LogP) is 5.11. The van der Waals surface area contributed by atoms with Crippen LogP contribution in [0.1, 0.15) is 37.3 Å². The molecule has 1 atom stereocenters. The molecule has 1 aromatic carbocycles. The summed E-state index contributed by atoms with van der Waals surface area (Å²) in [5.74, 6) is 1.53. The fourth-order valence-electron chi connectivity index (χ4n) is 3.29. The summed E-state index contributed by atoms with van der Waals surface area (Å²) in [6, 6.07) is 4.41. The molecule has 0 radical (unpaired) electrons. The molecule has 0 aliphatic carbocycles. The average molecular weight is 454 g/mol. The maximum absolute atomic E-state index is 13.4. The second-order valence-electron chi connectivity index (χ2n) is 6.47. The molecule has 0 spiro atoms. The molecule has 26 heavy (non-hydrogen) atoms. The van der Waals surface area contributed by atoms with E-state index in [2.05, 4.69) is 21.2 Å². The van der Waals surface area contributed by atoms with E-state index in [0.29, 0.717) is 12.8 Å². The third-order valence-corrected chi connectivity index (χ3v) is 6.29. The molecule has 146 valence electrons. The van der Waals surface area contributed by atoms with Gasteiger partial charge in [0.05, 0.1) is 12.5 Å². The maximum atomic E-state index is 13.4. The summed E-state index contributed by atoms with van der Waals surface area (Å²) in [5, 5.41) is 2.61. The normalized spacial score (nSPS) is 18.3. The molecule has 3 nitrogen and oxygen atoms in total.